The SMILES string of the molecule is CCNC(=NCc1cnn(C)c1)N1CCC(CC)(CC)C1.I. The molecule has 0 unspecified atom stereocenters. The summed E-state index contributed by atoms with van der Waals surface area (Å²) in [4.78, 5) is 7.21. The topological polar surface area (TPSA) is 45.5 Å². The van der Waals surface area contributed by atoms with Gasteiger partial charge in [-0.05, 0) is 31.6 Å². The molecule has 1 aliphatic rings. The normalized spacial score (nSPS) is 17.5. The van der Waals surface area contributed by atoms with Gasteiger partial charge in [0.1, 0.15) is 0 Å². The number of aromatic nitrogens is 2. The van der Waals surface area contributed by atoms with Gasteiger partial charge in [-0.15, -0.1) is 24.0 Å². The third-order valence-corrected chi connectivity index (χ3v) is 4.74. The molecule has 2 heterocycles. The van der Waals surface area contributed by atoms with E-state index in [-0.39, 0.29) is 24.0 Å². The van der Waals surface area contributed by atoms with Crippen molar-refractivity contribution in [3.63, 3.8) is 0 Å². The van der Waals surface area contributed by atoms with Gasteiger partial charge in [-0.1, -0.05) is 13.8 Å². The van der Waals surface area contributed by atoms with Crippen LogP contribution in [-0.2, 0) is 13.6 Å². The summed E-state index contributed by atoms with van der Waals surface area (Å²) < 4.78 is 1.83. The Labute approximate surface area is 151 Å². The standard InChI is InChI=1S/C16H29N5.HI/c1-5-16(6-2)8-9-21(13-16)15(17-7-3)18-10-14-11-19-20(4)12-14;/h11-12H,5-10,13H2,1-4H3,(H,17,18);1H. The molecule has 0 atom stereocenters. The van der Waals surface area contributed by atoms with E-state index in [4.69, 9.17) is 4.99 Å². The van der Waals surface area contributed by atoms with E-state index in [1.54, 1.807) is 0 Å². The molecule has 1 fully saturated rings. The van der Waals surface area contributed by atoms with E-state index in [9.17, 15) is 0 Å². The van der Waals surface area contributed by atoms with Crippen molar-refractivity contribution >= 4 is 29.9 Å². The van der Waals surface area contributed by atoms with E-state index in [0.717, 1.165) is 31.2 Å². The van der Waals surface area contributed by atoms with Gasteiger partial charge in [-0.3, -0.25) is 4.68 Å². The molecule has 0 amide bonds. The summed E-state index contributed by atoms with van der Waals surface area (Å²) in [6.07, 6.45) is 7.69. The Morgan fingerprint density at radius 2 is 2.09 bits per heavy atom. The van der Waals surface area contributed by atoms with Crippen LogP contribution >= 0.6 is 24.0 Å². The molecule has 1 aromatic heterocycles. The number of guanidine groups is 1. The van der Waals surface area contributed by atoms with Crippen LogP contribution < -0.4 is 5.32 Å². The Morgan fingerprint density at radius 3 is 2.59 bits per heavy atom. The van der Waals surface area contributed by atoms with Gasteiger partial charge in [0.25, 0.3) is 0 Å². The van der Waals surface area contributed by atoms with Crippen LogP contribution in [0.2, 0.25) is 0 Å². The van der Waals surface area contributed by atoms with Crippen molar-refractivity contribution in [3.05, 3.63) is 18.0 Å². The Kier molecular flexibility index (Phi) is 7.65. The van der Waals surface area contributed by atoms with Gasteiger partial charge in [0, 0.05) is 38.4 Å². The number of rotatable bonds is 5. The first kappa shape index (κ1) is 19.3. The van der Waals surface area contributed by atoms with E-state index >= 15 is 0 Å². The van der Waals surface area contributed by atoms with Gasteiger partial charge in [0.05, 0.1) is 12.7 Å². The molecule has 2 rings (SSSR count). The van der Waals surface area contributed by atoms with Gasteiger partial charge in [-0.25, -0.2) is 4.99 Å². The van der Waals surface area contributed by atoms with Crippen molar-refractivity contribution in [3.8, 4) is 0 Å². The monoisotopic (exact) mass is 419 g/mol. The van der Waals surface area contributed by atoms with E-state index < -0.39 is 0 Å². The van der Waals surface area contributed by atoms with E-state index in [0.29, 0.717) is 12.0 Å². The summed E-state index contributed by atoms with van der Waals surface area (Å²) in [7, 11) is 1.94. The van der Waals surface area contributed by atoms with Crippen molar-refractivity contribution in [2.45, 2.75) is 46.6 Å². The van der Waals surface area contributed by atoms with Crippen molar-refractivity contribution in [1.29, 1.82) is 0 Å². The predicted molar refractivity (Wildman–Crippen MR) is 103 cm³/mol. The quantitative estimate of drug-likeness (QED) is 0.454. The Balaban J connectivity index is 0.00000242. The van der Waals surface area contributed by atoms with E-state index in [1.165, 1.54) is 19.3 Å². The summed E-state index contributed by atoms with van der Waals surface area (Å²) >= 11 is 0. The van der Waals surface area contributed by atoms with Crippen molar-refractivity contribution in [2.24, 2.45) is 17.5 Å². The highest BCUT2D eigenvalue weighted by molar-refractivity contribution is 14.0. The molecule has 0 aliphatic carbocycles. The lowest BCUT2D eigenvalue weighted by molar-refractivity contribution is 0.276. The largest absolute Gasteiger partial charge is 0.357 e. The van der Waals surface area contributed by atoms with E-state index in [2.05, 4.69) is 36.1 Å². The lowest BCUT2D eigenvalue weighted by Gasteiger charge is -2.28. The molecule has 22 heavy (non-hydrogen) atoms. The molecule has 0 aromatic carbocycles. The summed E-state index contributed by atoms with van der Waals surface area (Å²) in [5, 5.41) is 7.64. The first-order valence-corrected chi connectivity index (χ1v) is 8.13. The van der Waals surface area contributed by atoms with Crippen LogP contribution in [0.25, 0.3) is 0 Å². The molecular formula is C16H30IN5. The molecule has 0 bridgehead atoms. The number of aryl methyl sites for hydroxylation is 1. The molecule has 0 spiro atoms. The summed E-state index contributed by atoms with van der Waals surface area (Å²) in [6, 6.07) is 0. The highest BCUT2D eigenvalue weighted by atomic mass is 127. The molecule has 0 saturated carbocycles. The molecule has 5 nitrogen and oxygen atoms in total. The minimum Gasteiger partial charge on any atom is -0.357 e. The number of nitrogens with one attached hydrogen (secondary N) is 1. The van der Waals surface area contributed by atoms with E-state index in [1.807, 2.05) is 24.1 Å². The molecular weight excluding hydrogens is 389 g/mol. The predicted octanol–water partition coefficient (Wildman–Crippen LogP) is 3.02. The fourth-order valence-electron chi connectivity index (χ4n) is 3.09. The second kappa shape index (κ2) is 8.74. The average molecular weight is 419 g/mol. The summed E-state index contributed by atoms with van der Waals surface area (Å²) in [5.74, 6) is 1.05. The van der Waals surface area contributed by atoms with Gasteiger partial charge in [0.15, 0.2) is 5.96 Å². The maximum absolute atomic E-state index is 4.79. The fraction of sp³-hybridized carbons (Fsp3) is 0.750. The molecule has 1 N–H and O–H groups in total. The number of nitrogens with zero attached hydrogens (tertiary/aromatic N) is 4. The number of likely N-dealkylation sites (tertiary alicyclic amines) is 1. The lowest BCUT2D eigenvalue weighted by atomic mass is 9.82. The zero-order valence-electron chi connectivity index (χ0n) is 14.3. The van der Waals surface area contributed by atoms with Crippen molar-refractivity contribution in [2.75, 3.05) is 19.6 Å². The number of aliphatic imine (C=N–C) groups is 1. The first-order chi connectivity index (χ1) is 10.1. The maximum atomic E-state index is 4.79. The second-order valence-corrected chi connectivity index (χ2v) is 6.07. The van der Waals surface area contributed by atoms with Crippen molar-refractivity contribution in [1.82, 2.24) is 20.0 Å². The van der Waals surface area contributed by atoms with Gasteiger partial charge in [0.2, 0.25) is 0 Å². The van der Waals surface area contributed by atoms with Crippen LogP contribution in [0.15, 0.2) is 17.4 Å². The van der Waals surface area contributed by atoms with Crippen LogP contribution in [0, 0.1) is 5.41 Å². The van der Waals surface area contributed by atoms with Crippen LogP contribution in [-0.4, -0.2) is 40.3 Å². The summed E-state index contributed by atoms with van der Waals surface area (Å²) in [6.45, 7) is 10.6. The highest BCUT2D eigenvalue weighted by Gasteiger charge is 2.36. The lowest BCUT2D eigenvalue weighted by Crippen LogP contribution is -2.41. The number of hydrogen-bond donors (Lipinski definition) is 1. The third kappa shape index (κ3) is 4.60. The van der Waals surface area contributed by atoms with Crippen LogP contribution in [0.1, 0.15) is 45.6 Å². The molecule has 1 aromatic rings. The zero-order chi connectivity index (χ0) is 15.3. The summed E-state index contributed by atoms with van der Waals surface area (Å²) in [5.41, 5.74) is 1.63. The van der Waals surface area contributed by atoms with Crippen LogP contribution in [0.4, 0.5) is 0 Å². The Bertz CT molecular complexity index is 479. The fourth-order valence-corrected chi connectivity index (χ4v) is 3.09. The molecule has 1 saturated heterocycles. The van der Waals surface area contributed by atoms with Gasteiger partial charge in [-0.2, -0.15) is 5.10 Å². The third-order valence-electron chi connectivity index (χ3n) is 4.74. The minimum absolute atomic E-state index is 0. The van der Waals surface area contributed by atoms with Gasteiger partial charge >= 0.3 is 0 Å². The Hall–Kier alpha value is -0.790. The van der Waals surface area contributed by atoms with Crippen LogP contribution in [0.5, 0.6) is 0 Å². The second-order valence-electron chi connectivity index (χ2n) is 6.07. The number of halogens is 1. The van der Waals surface area contributed by atoms with Gasteiger partial charge < -0.3 is 10.2 Å². The molecule has 126 valence electrons. The molecule has 1 aliphatic heterocycles. The number of hydrogen-bond acceptors (Lipinski definition) is 2. The van der Waals surface area contributed by atoms with Crippen LogP contribution in [0.3, 0.4) is 0 Å². The molecule has 0 radical (unpaired) electrons. The highest BCUT2D eigenvalue weighted by Crippen LogP contribution is 2.36. The van der Waals surface area contributed by atoms with Crippen molar-refractivity contribution < 1.29 is 0 Å². The first-order valence-electron chi connectivity index (χ1n) is 8.13. The average Bonchev–Trinajstić information content (AvgIpc) is 3.10. The Morgan fingerprint density at radius 1 is 1.36 bits per heavy atom. The molecule has 6 heteroatoms. The smallest absolute Gasteiger partial charge is 0.194 e. The minimum atomic E-state index is 0. The maximum Gasteiger partial charge on any atom is 0.194 e. The zero-order valence-corrected chi connectivity index (χ0v) is 16.6.